The van der Waals surface area contributed by atoms with Crippen molar-refractivity contribution in [3.05, 3.63) is 97.1 Å². The van der Waals surface area contributed by atoms with Crippen LogP contribution in [0.2, 0.25) is 0 Å². The van der Waals surface area contributed by atoms with Crippen LogP contribution in [0.4, 0.5) is 17.1 Å². The molecule has 0 spiro atoms. The monoisotopic (exact) mass is 355 g/mol. The van der Waals surface area contributed by atoms with Crippen molar-refractivity contribution in [2.45, 2.75) is 0 Å². The molecule has 0 saturated carbocycles. The lowest BCUT2D eigenvalue weighted by molar-refractivity contribution is 0.288. The summed E-state index contributed by atoms with van der Waals surface area (Å²) in [5.74, 6) is 0.389. The molecule has 0 aliphatic heterocycles. The van der Waals surface area contributed by atoms with E-state index in [0.717, 1.165) is 22.4 Å². The zero-order valence-electron chi connectivity index (χ0n) is 14.6. The molecule has 0 fully saturated rings. The van der Waals surface area contributed by atoms with Gasteiger partial charge in [-0.2, -0.15) is 0 Å². The highest BCUT2D eigenvalue weighted by atomic mass is 16.6. The smallest absolute Gasteiger partial charge is 0.512 e. The minimum absolute atomic E-state index is 0.389. The highest BCUT2D eigenvalue weighted by molar-refractivity contribution is 6.33. The normalized spacial score (nSPS) is 10.6. The standard InChI is InChI=1S/C22H18BNO3/c25-23(26)27-20-15-13-19(14-16-20)24(18-9-2-1-3-10-18)22-12-6-8-17-7-4-5-11-21(17)22/h1-16,25-26H. The first-order valence-electron chi connectivity index (χ1n) is 8.68. The molecule has 0 aliphatic rings. The number of hydrogen-bond acceptors (Lipinski definition) is 4. The zero-order valence-corrected chi connectivity index (χ0v) is 14.6. The zero-order chi connectivity index (χ0) is 18.6. The highest BCUT2D eigenvalue weighted by Crippen LogP contribution is 2.38. The molecule has 4 rings (SSSR count). The summed E-state index contributed by atoms with van der Waals surface area (Å²) < 4.78 is 4.92. The third-order valence-electron chi connectivity index (χ3n) is 4.36. The Kier molecular flexibility index (Phi) is 4.79. The Labute approximate surface area is 158 Å². The van der Waals surface area contributed by atoms with Gasteiger partial charge in [0.15, 0.2) is 0 Å². The maximum atomic E-state index is 8.98. The lowest BCUT2D eigenvalue weighted by Crippen LogP contribution is -2.20. The molecular formula is C22H18BNO3. The van der Waals surface area contributed by atoms with E-state index in [1.54, 1.807) is 12.1 Å². The van der Waals surface area contributed by atoms with Gasteiger partial charge in [-0.15, -0.1) is 0 Å². The van der Waals surface area contributed by atoms with Crippen LogP contribution in [0, 0.1) is 0 Å². The van der Waals surface area contributed by atoms with E-state index in [0.29, 0.717) is 5.75 Å². The van der Waals surface area contributed by atoms with Crippen LogP contribution in [0.25, 0.3) is 10.8 Å². The van der Waals surface area contributed by atoms with Gasteiger partial charge in [-0.05, 0) is 47.9 Å². The molecule has 4 aromatic rings. The molecule has 4 aromatic carbocycles. The first kappa shape index (κ1) is 17.2. The second kappa shape index (κ2) is 7.54. The Morgan fingerprint density at radius 3 is 2.00 bits per heavy atom. The van der Waals surface area contributed by atoms with E-state index < -0.39 is 7.32 Å². The Bertz CT molecular complexity index is 1030. The number of benzene rings is 4. The van der Waals surface area contributed by atoms with Crippen molar-refractivity contribution in [3.8, 4) is 5.75 Å². The maximum Gasteiger partial charge on any atom is 0.707 e. The van der Waals surface area contributed by atoms with Crippen LogP contribution in [0.1, 0.15) is 0 Å². The number of fused-ring (bicyclic) bond motifs is 1. The van der Waals surface area contributed by atoms with Gasteiger partial charge in [-0.3, -0.25) is 0 Å². The maximum absolute atomic E-state index is 8.98. The van der Waals surface area contributed by atoms with Gasteiger partial charge < -0.3 is 19.6 Å². The van der Waals surface area contributed by atoms with Crippen LogP contribution in [0.15, 0.2) is 97.1 Å². The summed E-state index contributed by atoms with van der Waals surface area (Å²) in [6.07, 6.45) is 0. The van der Waals surface area contributed by atoms with Crippen LogP contribution in [0.5, 0.6) is 5.75 Å². The SMILES string of the molecule is OB(O)Oc1ccc(N(c2ccccc2)c2cccc3ccccc23)cc1. The van der Waals surface area contributed by atoms with Gasteiger partial charge in [0.2, 0.25) is 0 Å². The van der Waals surface area contributed by atoms with Crippen LogP contribution in [-0.4, -0.2) is 17.4 Å². The summed E-state index contributed by atoms with van der Waals surface area (Å²) in [5, 5.41) is 20.3. The Hall–Kier alpha value is -3.28. The fourth-order valence-electron chi connectivity index (χ4n) is 3.20. The van der Waals surface area contributed by atoms with Crippen molar-refractivity contribution in [3.63, 3.8) is 0 Å². The van der Waals surface area contributed by atoms with E-state index in [4.69, 9.17) is 14.7 Å². The van der Waals surface area contributed by atoms with E-state index in [2.05, 4.69) is 41.3 Å². The van der Waals surface area contributed by atoms with Crippen molar-refractivity contribution in [2.24, 2.45) is 0 Å². The summed E-state index contributed by atoms with van der Waals surface area (Å²) in [5.41, 5.74) is 3.04. The van der Waals surface area contributed by atoms with Crippen molar-refractivity contribution in [2.75, 3.05) is 4.90 Å². The second-order valence-corrected chi connectivity index (χ2v) is 6.11. The van der Waals surface area contributed by atoms with Gasteiger partial charge in [-0.1, -0.05) is 54.6 Å². The average molecular weight is 355 g/mol. The Balaban J connectivity index is 1.85. The van der Waals surface area contributed by atoms with Crippen LogP contribution in [-0.2, 0) is 0 Å². The molecule has 27 heavy (non-hydrogen) atoms. The topological polar surface area (TPSA) is 52.9 Å². The minimum atomic E-state index is -1.83. The molecule has 0 heterocycles. The van der Waals surface area contributed by atoms with E-state index >= 15 is 0 Å². The molecule has 0 atom stereocenters. The van der Waals surface area contributed by atoms with Crippen LogP contribution >= 0.6 is 0 Å². The molecule has 2 N–H and O–H groups in total. The second-order valence-electron chi connectivity index (χ2n) is 6.11. The van der Waals surface area contributed by atoms with E-state index in [1.165, 1.54) is 5.39 Å². The van der Waals surface area contributed by atoms with E-state index in [9.17, 15) is 0 Å². The molecule has 0 amide bonds. The van der Waals surface area contributed by atoms with Crippen LogP contribution in [0.3, 0.4) is 0 Å². The molecule has 4 nitrogen and oxygen atoms in total. The van der Waals surface area contributed by atoms with Crippen molar-refractivity contribution in [1.29, 1.82) is 0 Å². The number of rotatable bonds is 5. The first-order valence-corrected chi connectivity index (χ1v) is 8.68. The van der Waals surface area contributed by atoms with Crippen molar-refractivity contribution in [1.82, 2.24) is 0 Å². The molecular weight excluding hydrogens is 337 g/mol. The van der Waals surface area contributed by atoms with E-state index in [-0.39, 0.29) is 0 Å². The molecule has 0 bridgehead atoms. The predicted molar refractivity (Wildman–Crippen MR) is 109 cm³/mol. The quantitative estimate of drug-likeness (QED) is 0.512. The summed E-state index contributed by atoms with van der Waals surface area (Å²) in [4.78, 5) is 2.17. The van der Waals surface area contributed by atoms with Gasteiger partial charge in [0, 0.05) is 16.8 Å². The first-order chi connectivity index (χ1) is 13.2. The number of anilines is 3. The molecule has 0 unspecified atom stereocenters. The molecule has 0 aliphatic carbocycles. The van der Waals surface area contributed by atoms with Crippen molar-refractivity contribution < 1.29 is 14.7 Å². The van der Waals surface area contributed by atoms with Crippen molar-refractivity contribution >= 4 is 35.2 Å². The Morgan fingerprint density at radius 2 is 1.26 bits per heavy atom. The van der Waals surface area contributed by atoms with Gasteiger partial charge in [0.05, 0.1) is 5.69 Å². The molecule has 0 aromatic heterocycles. The van der Waals surface area contributed by atoms with E-state index in [1.807, 2.05) is 48.5 Å². The lowest BCUT2D eigenvalue weighted by Gasteiger charge is -2.27. The third-order valence-corrected chi connectivity index (χ3v) is 4.36. The highest BCUT2D eigenvalue weighted by Gasteiger charge is 2.16. The summed E-state index contributed by atoms with van der Waals surface area (Å²) in [6.45, 7) is 0. The molecule has 0 radical (unpaired) electrons. The summed E-state index contributed by atoms with van der Waals surface area (Å²) >= 11 is 0. The lowest BCUT2D eigenvalue weighted by atomic mass is 10.1. The van der Waals surface area contributed by atoms with Gasteiger partial charge >= 0.3 is 7.32 Å². The molecule has 5 heteroatoms. The third kappa shape index (κ3) is 3.65. The summed E-state index contributed by atoms with van der Waals surface area (Å²) in [7, 11) is -1.83. The number of nitrogens with zero attached hydrogens (tertiary/aromatic N) is 1. The van der Waals surface area contributed by atoms with Gasteiger partial charge in [0.25, 0.3) is 0 Å². The fourth-order valence-corrected chi connectivity index (χ4v) is 3.20. The Morgan fingerprint density at radius 1 is 0.630 bits per heavy atom. The summed E-state index contributed by atoms with van der Waals surface area (Å²) in [6, 6.07) is 31.9. The number of hydrogen-bond donors (Lipinski definition) is 2. The molecule has 0 saturated heterocycles. The predicted octanol–water partition coefficient (Wildman–Crippen LogP) is 4.66. The van der Waals surface area contributed by atoms with Gasteiger partial charge in [-0.25, -0.2) is 0 Å². The fraction of sp³-hybridized carbons (Fsp3) is 0. The average Bonchev–Trinajstić information content (AvgIpc) is 2.70. The van der Waals surface area contributed by atoms with Gasteiger partial charge in [0.1, 0.15) is 5.75 Å². The minimum Gasteiger partial charge on any atom is -0.512 e. The van der Waals surface area contributed by atoms with Crippen LogP contribution < -0.4 is 9.55 Å². The number of para-hydroxylation sites is 1. The molecule has 132 valence electrons. The largest absolute Gasteiger partial charge is 0.707 e.